The lowest BCUT2D eigenvalue weighted by atomic mass is 9.83. The minimum Gasteiger partial charge on any atom is -0.497 e. The first-order chi connectivity index (χ1) is 17.3. The van der Waals surface area contributed by atoms with Crippen LogP contribution in [0.5, 0.6) is 5.75 Å². The fourth-order valence-electron chi connectivity index (χ4n) is 5.11. The predicted octanol–water partition coefficient (Wildman–Crippen LogP) is 0.667. The third kappa shape index (κ3) is 6.94. The van der Waals surface area contributed by atoms with Gasteiger partial charge in [0.2, 0.25) is 15.9 Å². The van der Waals surface area contributed by atoms with E-state index in [4.69, 9.17) is 9.84 Å². The van der Waals surface area contributed by atoms with Gasteiger partial charge in [-0.05, 0) is 43.0 Å². The first-order valence-electron chi connectivity index (χ1n) is 12.5. The highest BCUT2D eigenvalue weighted by Crippen LogP contribution is 2.32. The molecule has 3 rings (SSSR count). The molecular formula is C24H38N4O7S. The molecule has 1 heterocycles. The summed E-state index contributed by atoms with van der Waals surface area (Å²) in [6.45, 7) is 2.69. The Morgan fingerprint density at radius 1 is 1.11 bits per heavy atom. The van der Waals surface area contributed by atoms with Gasteiger partial charge in [-0.3, -0.25) is 19.7 Å². The second-order valence-electron chi connectivity index (χ2n) is 9.31. The molecule has 36 heavy (non-hydrogen) atoms. The van der Waals surface area contributed by atoms with E-state index in [1.54, 1.807) is 10.4 Å². The summed E-state index contributed by atoms with van der Waals surface area (Å²) in [4.78, 5) is 29.6. The molecule has 2 amide bonds. The van der Waals surface area contributed by atoms with Crippen molar-refractivity contribution in [1.82, 2.24) is 19.6 Å². The molecule has 1 aromatic rings. The molecule has 1 atom stereocenters. The Labute approximate surface area is 213 Å². The minimum absolute atomic E-state index is 0.0140. The number of benzene rings is 1. The molecule has 0 bridgehead atoms. The van der Waals surface area contributed by atoms with Gasteiger partial charge in [0.05, 0.1) is 18.6 Å². The van der Waals surface area contributed by atoms with Crippen LogP contribution in [0.2, 0.25) is 0 Å². The summed E-state index contributed by atoms with van der Waals surface area (Å²) in [6, 6.07) is 4.76. The van der Waals surface area contributed by atoms with Gasteiger partial charge in [0.1, 0.15) is 11.8 Å². The van der Waals surface area contributed by atoms with E-state index in [1.807, 2.05) is 0 Å². The minimum atomic E-state index is -4.17. The van der Waals surface area contributed by atoms with E-state index in [-0.39, 0.29) is 36.3 Å². The molecule has 1 saturated carbocycles. The number of carbonyl (C=O) groups is 2. The van der Waals surface area contributed by atoms with E-state index < -0.39 is 22.0 Å². The molecule has 0 aromatic heterocycles. The van der Waals surface area contributed by atoms with Crippen LogP contribution in [0.1, 0.15) is 38.5 Å². The summed E-state index contributed by atoms with van der Waals surface area (Å²) in [6.07, 6.45) is 3.98. The molecule has 202 valence electrons. The number of carbonyl (C=O) groups excluding carboxylic acids is 2. The van der Waals surface area contributed by atoms with E-state index in [0.717, 1.165) is 23.6 Å². The largest absolute Gasteiger partial charge is 0.497 e. The number of hydroxylamine groups is 1. The number of hydrogen-bond acceptors (Lipinski definition) is 8. The van der Waals surface area contributed by atoms with E-state index in [0.29, 0.717) is 51.3 Å². The molecule has 1 unspecified atom stereocenters. The van der Waals surface area contributed by atoms with Crippen molar-refractivity contribution >= 4 is 21.8 Å². The molecule has 2 aliphatic rings. The number of amides is 2. The van der Waals surface area contributed by atoms with Gasteiger partial charge in [-0.25, -0.2) is 13.9 Å². The van der Waals surface area contributed by atoms with Crippen molar-refractivity contribution < 1.29 is 33.1 Å². The van der Waals surface area contributed by atoms with Crippen molar-refractivity contribution in [3.05, 3.63) is 24.3 Å². The Balaban J connectivity index is 1.84. The molecule has 11 nitrogen and oxygen atoms in total. The van der Waals surface area contributed by atoms with E-state index in [2.05, 4.69) is 4.90 Å². The summed E-state index contributed by atoms with van der Waals surface area (Å²) in [5, 5.41) is 18.6. The average molecular weight is 527 g/mol. The van der Waals surface area contributed by atoms with Crippen LogP contribution in [0, 0.1) is 5.92 Å². The molecule has 0 spiro atoms. The summed E-state index contributed by atoms with van der Waals surface area (Å²) in [5.41, 5.74) is 1.67. The van der Waals surface area contributed by atoms with Crippen LogP contribution in [-0.2, 0) is 19.6 Å². The second kappa shape index (κ2) is 13.3. The predicted molar refractivity (Wildman–Crippen MR) is 132 cm³/mol. The Morgan fingerprint density at radius 3 is 2.31 bits per heavy atom. The van der Waals surface area contributed by atoms with Crippen molar-refractivity contribution in [3.8, 4) is 5.75 Å². The van der Waals surface area contributed by atoms with Gasteiger partial charge in [-0.15, -0.1) is 0 Å². The maximum absolute atomic E-state index is 13.8. The number of piperazine rings is 1. The van der Waals surface area contributed by atoms with E-state index >= 15 is 0 Å². The standard InChI is InChI=1S/C24H38N4O7S/c1-35-20-7-9-21(10-8-20)36(33,34)28(23(24(31)25-32)19-5-3-2-4-6-19)12-11-22(30)27-15-13-26(14-16-27)17-18-29/h7-10,19,23,29,32H,2-6,11-18H2,1H3,(H,25,31). The highest BCUT2D eigenvalue weighted by Gasteiger charge is 2.41. The third-order valence-corrected chi connectivity index (χ3v) is 9.03. The average Bonchev–Trinajstić information content (AvgIpc) is 2.91. The number of β-amino-alcohol motifs (C(OH)–C–C–N with tert-alkyl or cyclic N) is 1. The Bertz CT molecular complexity index is 959. The Morgan fingerprint density at radius 2 is 1.75 bits per heavy atom. The highest BCUT2D eigenvalue weighted by molar-refractivity contribution is 7.89. The van der Waals surface area contributed by atoms with Crippen molar-refractivity contribution in [2.45, 2.75) is 49.5 Å². The zero-order valence-corrected chi connectivity index (χ0v) is 21.7. The molecule has 1 saturated heterocycles. The molecule has 2 fully saturated rings. The van der Waals surface area contributed by atoms with Gasteiger partial charge in [0, 0.05) is 45.7 Å². The quantitative estimate of drug-likeness (QED) is 0.282. The van der Waals surface area contributed by atoms with Crippen LogP contribution < -0.4 is 10.2 Å². The maximum atomic E-state index is 13.8. The smallest absolute Gasteiger partial charge is 0.262 e. The third-order valence-electron chi connectivity index (χ3n) is 7.14. The number of sulfonamides is 1. The van der Waals surface area contributed by atoms with Gasteiger partial charge in [-0.1, -0.05) is 19.3 Å². The lowest BCUT2D eigenvalue weighted by Crippen LogP contribution is -2.54. The Kier molecular flexibility index (Phi) is 10.5. The summed E-state index contributed by atoms with van der Waals surface area (Å²) in [5.74, 6) is -0.756. The van der Waals surface area contributed by atoms with Crippen molar-refractivity contribution in [2.24, 2.45) is 5.92 Å². The molecule has 0 radical (unpaired) electrons. The molecule has 1 aliphatic carbocycles. The van der Waals surface area contributed by atoms with Gasteiger partial charge in [-0.2, -0.15) is 4.31 Å². The number of aliphatic hydroxyl groups excluding tert-OH is 1. The molecule has 1 aliphatic heterocycles. The fourth-order valence-corrected chi connectivity index (χ4v) is 6.76. The monoisotopic (exact) mass is 526 g/mol. The van der Waals surface area contributed by atoms with Gasteiger partial charge in [0.15, 0.2) is 0 Å². The SMILES string of the molecule is COc1ccc(S(=O)(=O)N(CCC(=O)N2CCN(CCO)CC2)C(C(=O)NO)C2CCCCC2)cc1. The van der Waals surface area contributed by atoms with Gasteiger partial charge < -0.3 is 14.7 Å². The molecule has 1 aromatic carbocycles. The lowest BCUT2D eigenvalue weighted by Gasteiger charge is -2.37. The first-order valence-corrected chi connectivity index (χ1v) is 14.0. The zero-order valence-electron chi connectivity index (χ0n) is 20.8. The van der Waals surface area contributed by atoms with E-state index in [1.165, 1.54) is 31.4 Å². The number of hydrogen-bond donors (Lipinski definition) is 3. The van der Waals surface area contributed by atoms with Crippen molar-refractivity contribution in [1.29, 1.82) is 0 Å². The van der Waals surface area contributed by atoms with Crippen molar-refractivity contribution in [3.63, 3.8) is 0 Å². The zero-order chi connectivity index (χ0) is 26.1. The molecule has 3 N–H and O–H groups in total. The van der Waals surface area contributed by atoms with Crippen LogP contribution in [-0.4, -0.2) is 104 Å². The fraction of sp³-hybridized carbons (Fsp3) is 0.667. The van der Waals surface area contributed by atoms with Crippen LogP contribution in [0.3, 0.4) is 0 Å². The highest BCUT2D eigenvalue weighted by atomic mass is 32.2. The summed E-state index contributed by atoms with van der Waals surface area (Å²) >= 11 is 0. The van der Waals surface area contributed by atoms with Crippen LogP contribution in [0.15, 0.2) is 29.2 Å². The number of nitrogens with one attached hydrogen (secondary N) is 1. The van der Waals surface area contributed by atoms with E-state index in [9.17, 15) is 23.2 Å². The number of methoxy groups -OCH3 is 1. The summed E-state index contributed by atoms with van der Waals surface area (Å²) in [7, 11) is -2.69. The van der Waals surface area contributed by atoms with Gasteiger partial charge in [0.25, 0.3) is 5.91 Å². The maximum Gasteiger partial charge on any atom is 0.262 e. The van der Waals surface area contributed by atoms with Crippen LogP contribution in [0.25, 0.3) is 0 Å². The molecular weight excluding hydrogens is 488 g/mol. The van der Waals surface area contributed by atoms with Crippen LogP contribution >= 0.6 is 0 Å². The lowest BCUT2D eigenvalue weighted by molar-refractivity contribution is -0.137. The summed E-state index contributed by atoms with van der Waals surface area (Å²) < 4.78 is 33.8. The normalized spacial score (nSPS) is 18.7. The Hall–Kier alpha value is -2.25. The second-order valence-corrected chi connectivity index (χ2v) is 11.2. The molecule has 12 heteroatoms. The first kappa shape index (κ1) is 28.3. The van der Waals surface area contributed by atoms with Crippen molar-refractivity contribution in [2.75, 3.05) is 53.0 Å². The number of aliphatic hydroxyl groups is 1. The number of nitrogens with zero attached hydrogens (tertiary/aromatic N) is 3. The number of rotatable bonds is 11. The topological polar surface area (TPSA) is 140 Å². The van der Waals surface area contributed by atoms with Crippen LogP contribution in [0.4, 0.5) is 0 Å². The number of ether oxygens (including phenoxy) is 1. The van der Waals surface area contributed by atoms with Gasteiger partial charge >= 0.3 is 0 Å².